The number of fused-ring (bicyclic) bond motifs is 9. The van der Waals surface area contributed by atoms with Gasteiger partial charge in [-0.3, -0.25) is 0 Å². The zero-order chi connectivity index (χ0) is 38.2. The normalized spacial score (nSPS) is 11.8. The molecule has 12 rings (SSSR count). The van der Waals surface area contributed by atoms with Crippen molar-refractivity contribution >= 4 is 65.2 Å². The topological polar surface area (TPSA) is 35.6 Å². The van der Waals surface area contributed by atoms with Crippen molar-refractivity contribution in [2.45, 2.75) is 0 Å². The molecule has 0 radical (unpaired) electrons. The first-order valence-corrected chi connectivity index (χ1v) is 19.7. The third-order valence-corrected chi connectivity index (χ3v) is 11.7. The largest absolute Gasteiger partial charge is 0.309 e. The van der Waals surface area contributed by atoms with Crippen LogP contribution < -0.4 is 0 Å². The van der Waals surface area contributed by atoms with E-state index in [9.17, 15) is 0 Å². The summed E-state index contributed by atoms with van der Waals surface area (Å²) in [6, 6.07) is 73.7. The smallest absolute Gasteiger partial charge is 0.160 e. The highest BCUT2D eigenvalue weighted by molar-refractivity contribution is 6.26. The van der Waals surface area contributed by atoms with Gasteiger partial charge in [0.25, 0.3) is 0 Å². The minimum absolute atomic E-state index is 0.699. The number of para-hydroxylation sites is 3. The van der Waals surface area contributed by atoms with E-state index in [0.29, 0.717) is 5.82 Å². The Kier molecular flexibility index (Phi) is 7.20. The van der Waals surface area contributed by atoms with Crippen molar-refractivity contribution in [2.24, 2.45) is 0 Å². The molecule has 3 aromatic heterocycles. The Morgan fingerprint density at radius 1 is 0.328 bits per heavy atom. The Labute approximate surface area is 334 Å². The maximum Gasteiger partial charge on any atom is 0.160 e. The molecular formula is C54H34N4. The minimum atomic E-state index is 0.699. The van der Waals surface area contributed by atoms with E-state index in [4.69, 9.17) is 9.97 Å². The van der Waals surface area contributed by atoms with Gasteiger partial charge in [0.15, 0.2) is 5.82 Å². The Bertz CT molecular complexity index is 3560. The molecule has 0 saturated heterocycles. The summed E-state index contributed by atoms with van der Waals surface area (Å²) in [6.45, 7) is 0. The van der Waals surface area contributed by atoms with Gasteiger partial charge >= 0.3 is 0 Å². The molecule has 9 aromatic carbocycles. The molecule has 0 bridgehead atoms. The second kappa shape index (κ2) is 12.9. The van der Waals surface area contributed by atoms with Crippen LogP contribution in [0.5, 0.6) is 0 Å². The van der Waals surface area contributed by atoms with Gasteiger partial charge in [0, 0.05) is 49.3 Å². The van der Waals surface area contributed by atoms with E-state index < -0.39 is 0 Å². The lowest BCUT2D eigenvalue weighted by atomic mass is 10.0. The molecule has 4 heteroatoms. The molecule has 270 valence electrons. The van der Waals surface area contributed by atoms with Gasteiger partial charge in [0.05, 0.1) is 39.1 Å². The lowest BCUT2D eigenvalue weighted by Crippen LogP contribution is -1.98. The number of hydrogen-bond donors (Lipinski definition) is 0. The van der Waals surface area contributed by atoms with Gasteiger partial charge in [-0.05, 0) is 70.8 Å². The van der Waals surface area contributed by atoms with Gasteiger partial charge in [-0.1, -0.05) is 152 Å². The average molecular weight is 739 g/mol. The summed E-state index contributed by atoms with van der Waals surface area (Å²) in [5.41, 5.74) is 11.9. The van der Waals surface area contributed by atoms with Gasteiger partial charge in [-0.25, -0.2) is 9.97 Å². The third-order valence-electron chi connectivity index (χ3n) is 11.7. The first-order valence-electron chi connectivity index (χ1n) is 19.7. The number of benzene rings is 9. The van der Waals surface area contributed by atoms with Gasteiger partial charge < -0.3 is 9.13 Å². The Balaban J connectivity index is 1.07. The van der Waals surface area contributed by atoms with Crippen molar-refractivity contribution in [1.82, 2.24) is 19.1 Å². The van der Waals surface area contributed by atoms with Crippen LogP contribution in [0.15, 0.2) is 206 Å². The molecule has 12 aromatic rings. The van der Waals surface area contributed by atoms with Crippen molar-refractivity contribution in [3.05, 3.63) is 206 Å². The summed E-state index contributed by atoms with van der Waals surface area (Å²) in [7, 11) is 0. The van der Waals surface area contributed by atoms with E-state index >= 15 is 0 Å². The highest BCUT2D eigenvalue weighted by Crippen LogP contribution is 2.43. The fourth-order valence-electron chi connectivity index (χ4n) is 9.04. The molecule has 0 aliphatic rings. The van der Waals surface area contributed by atoms with E-state index in [1.54, 1.807) is 0 Å². The van der Waals surface area contributed by atoms with Crippen LogP contribution in [0.3, 0.4) is 0 Å². The van der Waals surface area contributed by atoms with Gasteiger partial charge in [0.1, 0.15) is 0 Å². The fourth-order valence-corrected chi connectivity index (χ4v) is 9.04. The van der Waals surface area contributed by atoms with Crippen molar-refractivity contribution in [2.75, 3.05) is 0 Å². The van der Waals surface area contributed by atoms with Crippen LogP contribution >= 0.6 is 0 Å². The first kappa shape index (κ1) is 32.4. The van der Waals surface area contributed by atoms with Crippen LogP contribution in [0.2, 0.25) is 0 Å². The molecule has 0 N–H and O–H groups in total. The minimum Gasteiger partial charge on any atom is -0.309 e. The molecule has 58 heavy (non-hydrogen) atoms. The number of aromatic nitrogens is 4. The molecular weight excluding hydrogens is 705 g/mol. The van der Waals surface area contributed by atoms with Gasteiger partial charge in [0.2, 0.25) is 0 Å². The molecule has 0 unspecified atom stereocenters. The third kappa shape index (κ3) is 5.02. The molecule has 0 spiro atoms. The van der Waals surface area contributed by atoms with Gasteiger partial charge in [-0.2, -0.15) is 0 Å². The number of nitrogens with zero attached hydrogens (tertiary/aromatic N) is 4. The second-order valence-corrected chi connectivity index (χ2v) is 15.0. The van der Waals surface area contributed by atoms with Crippen molar-refractivity contribution in [3.63, 3.8) is 0 Å². The number of rotatable bonds is 5. The molecule has 0 aliphatic carbocycles. The second-order valence-electron chi connectivity index (χ2n) is 15.0. The van der Waals surface area contributed by atoms with Crippen LogP contribution in [0.25, 0.3) is 110 Å². The van der Waals surface area contributed by atoms with Crippen LogP contribution in [0.4, 0.5) is 0 Å². The first-order chi connectivity index (χ1) is 28.8. The van der Waals surface area contributed by atoms with E-state index in [1.807, 2.05) is 6.07 Å². The monoisotopic (exact) mass is 738 g/mol. The van der Waals surface area contributed by atoms with E-state index in [1.165, 1.54) is 54.4 Å². The summed E-state index contributed by atoms with van der Waals surface area (Å²) in [4.78, 5) is 10.4. The lowest BCUT2D eigenvalue weighted by molar-refractivity contribution is 1.18. The SMILES string of the molecule is c1ccc(-c2cc(-c3ccc4ccccc4c3)nc(-c3ccc4c(-n5c6ccccc6c6c5ccc5c7ccccc7n(-c7ccccc7)c56)cccc4c3)n2)cc1. The van der Waals surface area contributed by atoms with Crippen LogP contribution in [-0.4, -0.2) is 19.1 Å². The average Bonchev–Trinajstić information content (AvgIpc) is 3.82. The highest BCUT2D eigenvalue weighted by atomic mass is 15.0. The molecule has 0 amide bonds. The predicted octanol–water partition coefficient (Wildman–Crippen LogP) is 14.0. The molecule has 0 atom stereocenters. The summed E-state index contributed by atoms with van der Waals surface area (Å²) in [5, 5.41) is 9.65. The molecule has 0 aliphatic heterocycles. The Morgan fingerprint density at radius 3 is 1.78 bits per heavy atom. The maximum atomic E-state index is 5.23. The zero-order valence-corrected chi connectivity index (χ0v) is 31.4. The van der Waals surface area contributed by atoms with Crippen molar-refractivity contribution < 1.29 is 0 Å². The van der Waals surface area contributed by atoms with Crippen LogP contribution in [0.1, 0.15) is 0 Å². The highest BCUT2D eigenvalue weighted by Gasteiger charge is 2.21. The quantitative estimate of drug-likeness (QED) is 0.176. The summed E-state index contributed by atoms with van der Waals surface area (Å²) in [6.07, 6.45) is 0. The van der Waals surface area contributed by atoms with E-state index in [-0.39, 0.29) is 0 Å². The fraction of sp³-hybridized carbons (Fsp3) is 0. The van der Waals surface area contributed by atoms with Crippen molar-refractivity contribution in [1.29, 1.82) is 0 Å². The van der Waals surface area contributed by atoms with Crippen LogP contribution in [0, 0.1) is 0 Å². The molecule has 0 saturated carbocycles. The molecule has 0 fully saturated rings. The summed E-state index contributed by atoms with van der Waals surface area (Å²) >= 11 is 0. The summed E-state index contributed by atoms with van der Waals surface area (Å²) in [5.74, 6) is 0.699. The Hall–Kier alpha value is -7.82. The van der Waals surface area contributed by atoms with Gasteiger partial charge in [-0.15, -0.1) is 0 Å². The lowest BCUT2D eigenvalue weighted by Gasteiger charge is -2.14. The Morgan fingerprint density at radius 2 is 0.948 bits per heavy atom. The zero-order valence-electron chi connectivity index (χ0n) is 31.4. The van der Waals surface area contributed by atoms with Crippen molar-refractivity contribution in [3.8, 4) is 45.3 Å². The number of hydrogen-bond acceptors (Lipinski definition) is 2. The molecule has 4 nitrogen and oxygen atoms in total. The maximum absolute atomic E-state index is 5.23. The standard InChI is InChI=1S/C54H34N4/c1-3-15-36(16-4-1)46-34-47(39-27-26-35-14-7-8-17-37(35)32-39)56-54(55-46)40-28-29-42-38(33-40)18-13-25-48(42)58-50-24-12-10-22-45(50)52-51(58)31-30-44-43-21-9-11-23-49(43)57(53(44)52)41-19-5-2-6-20-41/h1-34H. The van der Waals surface area contributed by atoms with E-state index in [0.717, 1.165) is 50.2 Å². The predicted molar refractivity (Wildman–Crippen MR) is 242 cm³/mol. The summed E-state index contributed by atoms with van der Waals surface area (Å²) < 4.78 is 4.89. The molecule has 3 heterocycles. The van der Waals surface area contributed by atoms with E-state index in [2.05, 4.69) is 209 Å². The van der Waals surface area contributed by atoms with Crippen LogP contribution in [-0.2, 0) is 0 Å².